The molecule has 5 nitrogen and oxygen atoms in total. The van der Waals surface area contributed by atoms with Gasteiger partial charge in [0.2, 0.25) is 0 Å². The maximum absolute atomic E-state index is 12.5. The first kappa shape index (κ1) is 13.8. The SMILES string of the molecule is CC1(C(=O)N2CCCN(CCO)CC2)CCCO1. The monoisotopic (exact) mass is 256 g/mol. The molecule has 0 spiro atoms. The van der Waals surface area contributed by atoms with Gasteiger partial charge in [0.15, 0.2) is 0 Å². The molecule has 2 aliphatic rings. The highest BCUT2D eigenvalue weighted by Gasteiger charge is 2.40. The molecule has 0 aliphatic carbocycles. The Hall–Kier alpha value is -0.650. The number of hydrogen-bond donors (Lipinski definition) is 1. The van der Waals surface area contributed by atoms with Gasteiger partial charge in [-0.15, -0.1) is 0 Å². The van der Waals surface area contributed by atoms with E-state index in [1.54, 1.807) is 0 Å². The first-order valence-corrected chi connectivity index (χ1v) is 6.92. The topological polar surface area (TPSA) is 53.0 Å². The molecular weight excluding hydrogens is 232 g/mol. The van der Waals surface area contributed by atoms with Crippen molar-refractivity contribution in [3.8, 4) is 0 Å². The van der Waals surface area contributed by atoms with Crippen molar-refractivity contribution in [3.05, 3.63) is 0 Å². The molecular formula is C13H24N2O3. The Morgan fingerprint density at radius 1 is 1.28 bits per heavy atom. The first-order valence-electron chi connectivity index (χ1n) is 6.92. The van der Waals surface area contributed by atoms with Crippen LogP contribution in [0.5, 0.6) is 0 Å². The Balaban J connectivity index is 1.91. The highest BCUT2D eigenvalue weighted by atomic mass is 16.5. The Labute approximate surface area is 109 Å². The number of hydrogen-bond acceptors (Lipinski definition) is 4. The lowest BCUT2D eigenvalue weighted by atomic mass is 10.0. The standard InChI is InChI=1S/C13H24N2O3/c1-13(4-2-11-18-13)12(17)15-6-3-5-14(7-8-15)9-10-16/h16H,2-11H2,1H3. The summed E-state index contributed by atoms with van der Waals surface area (Å²) in [5.74, 6) is 0.144. The molecule has 1 unspecified atom stereocenters. The summed E-state index contributed by atoms with van der Waals surface area (Å²) < 4.78 is 5.63. The van der Waals surface area contributed by atoms with Crippen LogP contribution in [0.1, 0.15) is 26.2 Å². The molecule has 0 radical (unpaired) electrons. The van der Waals surface area contributed by atoms with E-state index in [1.165, 1.54) is 0 Å². The van der Waals surface area contributed by atoms with Gasteiger partial charge < -0.3 is 14.7 Å². The van der Waals surface area contributed by atoms with Crippen LogP contribution in [0.4, 0.5) is 0 Å². The van der Waals surface area contributed by atoms with Gasteiger partial charge in [-0.1, -0.05) is 0 Å². The third kappa shape index (κ3) is 3.02. The van der Waals surface area contributed by atoms with E-state index >= 15 is 0 Å². The van der Waals surface area contributed by atoms with E-state index in [1.807, 2.05) is 11.8 Å². The van der Waals surface area contributed by atoms with Crippen LogP contribution >= 0.6 is 0 Å². The number of carbonyl (C=O) groups excluding carboxylic acids is 1. The number of amides is 1. The quantitative estimate of drug-likeness (QED) is 0.777. The molecule has 18 heavy (non-hydrogen) atoms. The predicted molar refractivity (Wildman–Crippen MR) is 68.3 cm³/mol. The molecule has 2 heterocycles. The number of aliphatic hydroxyl groups is 1. The van der Waals surface area contributed by atoms with E-state index < -0.39 is 5.60 Å². The summed E-state index contributed by atoms with van der Waals surface area (Å²) in [7, 11) is 0. The Kier molecular flexibility index (Phi) is 4.59. The van der Waals surface area contributed by atoms with Crippen molar-refractivity contribution in [2.75, 3.05) is 45.9 Å². The Bertz CT molecular complexity index is 290. The van der Waals surface area contributed by atoms with Gasteiger partial charge in [-0.25, -0.2) is 0 Å². The van der Waals surface area contributed by atoms with Gasteiger partial charge in [0.25, 0.3) is 5.91 Å². The van der Waals surface area contributed by atoms with Gasteiger partial charge in [0.1, 0.15) is 5.60 Å². The van der Waals surface area contributed by atoms with E-state index in [2.05, 4.69) is 4.90 Å². The van der Waals surface area contributed by atoms with E-state index in [4.69, 9.17) is 9.84 Å². The lowest BCUT2D eigenvalue weighted by Gasteiger charge is -2.30. The highest BCUT2D eigenvalue weighted by molar-refractivity contribution is 5.85. The fourth-order valence-electron chi connectivity index (χ4n) is 2.82. The van der Waals surface area contributed by atoms with Crippen molar-refractivity contribution in [1.29, 1.82) is 0 Å². The third-order valence-electron chi connectivity index (χ3n) is 3.96. The predicted octanol–water partition coefficient (Wildman–Crippen LogP) is 0.0821. The van der Waals surface area contributed by atoms with Crippen molar-refractivity contribution in [1.82, 2.24) is 9.80 Å². The van der Waals surface area contributed by atoms with Gasteiger partial charge in [-0.2, -0.15) is 0 Å². The molecule has 0 aromatic carbocycles. The molecule has 0 saturated carbocycles. The normalized spacial score (nSPS) is 30.4. The van der Waals surface area contributed by atoms with Crippen LogP contribution in [0.3, 0.4) is 0 Å². The van der Waals surface area contributed by atoms with E-state index in [9.17, 15) is 4.79 Å². The number of carbonyl (C=O) groups is 1. The molecule has 0 aromatic rings. The van der Waals surface area contributed by atoms with E-state index in [-0.39, 0.29) is 12.5 Å². The third-order valence-corrected chi connectivity index (χ3v) is 3.96. The number of nitrogens with zero attached hydrogens (tertiary/aromatic N) is 2. The second-order valence-electron chi connectivity index (χ2n) is 5.39. The number of ether oxygens (including phenoxy) is 1. The van der Waals surface area contributed by atoms with Gasteiger partial charge >= 0.3 is 0 Å². The molecule has 2 saturated heterocycles. The minimum absolute atomic E-state index is 0.144. The van der Waals surface area contributed by atoms with Crippen molar-refractivity contribution in [2.45, 2.75) is 31.8 Å². The van der Waals surface area contributed by atoms with Crippen molar-refractivity contribution in [2.24, 2.45) is 0 Å². The zero-order valence-corrected chi connectivity index (χ0v) is 11.2. The molecule has 2 fully saturated rings. The fourth-order valence-corrected chi connectivity index (χ4v) is 2.82. The van der Waals surface area contributed by atoms with Crippen molar-refractivity contribution in [3.63, 3.8) is 0 Å². The summed E-state index contributed by atoms with van der Waals surface area (Å²) in [5, 5.41) is 8.96. The number of aliphatic hydroxyl groups excluding tert-OH is 1. The van der Waals surface area contributed by atoms with Crippen LogP contribution in [0.15, 0.2) is 0 Å². The van der Waals surface area contributed by atoms with Crippen LogP contribution in [0.2, 0.25) is 0 Å². The molecule has 1 amide bonds. The maximum atomic E-state index is 12.5. The number of rotatable bonds is 3. The van der Waals surface area contributed by atoms with Crippen LogP contribution in [-0.2, 0) is 9.53 Å². The number of β-amino-alcohol motifs (C(OH)–C–C–N with tert-alkyl or cyclic N) is 1. The lowest BCUT2D eigenvalue weighted by Crippen LogP contribution is -2.48. The molecule has 1 atom stereocenters. The molecule has 5 heteroatoms. The highest BCUT2D eigenvalue weighted by Crippen LogP contribution is 2.27. The van der Waals surface area contributed by atoms with E-state index in [0.717, 1.165) is 45.4 Å². The van der Waals surface area contributed by atoms with Crippen LogP contribution in [0.25, 0.3) is 0 Å². The zero-order chi connectivity index (χ0) is 13.0. The Morgan fingerprint density at radius 2 is 2.11 bits per heavy atom. The maximum Gasteiger partial charge on any atom is 0.254 e. The lowest BCUT2D eigenvalue weighted by molar-refractivity contribution is -0.150. The fraction of sp³-hybridized carbons (Fsp3) is 0.923. The van der Waals surface area contributed by atoms with Gasteiger partial charge in [0.05, 0.1) is 6.61 Å². The molecule has 0 bridgehead atoms. The molecule has 2 aliphatic heterocycles. The average Bonchev–Trinajstić information content (AvgIpc) is 2.68. The van der Waals surface area contributed by atoms with Crippen molar-refractivity contribution < 1.29 is 14.6 Å². The van der Waals surface area contributed by atoms with Crippen LogP contribution in [0, 0.1) is 0 Å². The summed E-state index contributed by atoms with van der Waals surface area (Å²) in [6.07, 6.45) is 2.79. The summed E-state index contributed by atoms with van der Waals surface area (Å²) in [6.45, 7) is 6.87. The smallest absolute Gasteiger partial charge is 0.254 e. The van der Waals surface area contributed by atoms with Crippen LogP contribution < -0.4 is 0 Å². The second kappa shape index (κ2) is 5.99. The average molecular weight is 256 g/mol. The molecule has 1 N–H and O–H groups in total. The largest absolute Gasteiger partial charge is 0.395 e. The zero-order valence-electron chi connectivity index (χ0n) is 11.2. The second-order valence-corrected chi connectivity index (χ2v) is 5.39. The molecule has 104 valence electrons. The Morgan fingerprint density at radius 3 is 2.78 bits per heavy atom. The molecule has 0 aromatic heterocycles. The van der Waals surface area contributed by atoms with Gasteiger partial charge in [-0.05, 0) is 32.7 Å². The van der Waals surface area contributed by atoms with E-state index in [0.29, 0.717) is 13.2 Å². The van der Waals surface area contributed by atoms with Crippen molar-refractivity contribution >= 4 is 5.91 Å². The van der Waals surface area contributed by atoms with Gasteiger partial charge in [0, 0.05) is 32.8 Å². The minimum atomic E-state index is -0.591. The minimum Gasteiger partial charge on any atom is -0.395 e. The first-order chi connectivity index (χ1) is 8.65. The summed E-state index contributed by atoms with van der Waals surface area (Å²) >= 11 is 0. The summed E-state index contributed by atoms with van der Waals surface area (Å²) in [4.78, 5) is 16.6. The van der Waals surface area contributed by atoms with Crippen LogP contribution in [-0.4, -0.2) is 72.4 Å². The summed E-state index contributed by atoms with van der Waals surface area (Å²) in [5.41, 5.74) is -0.591. The van der Waals surface area contributed by atoms with Gasteiger partial charge in [-0.3, -0.25) is 9.69 Å². The summed E-state index contributed by atoms with van der Waals surface area (Å²) in [6, 6.07) is 0. The molecule has 2 rings (SSSR count).